The molecule has 130 valence electrons. The van der Waals surface area contributed by atoms with Gasteiger partial charge in [-0.1, -0.05) is 0 Å². The normalized spacial score (nSPS) is 14.3. The maximum absolute atomic E-state index is 11.6. The van der Waals surface area contributed by atoms with Crippen molar-refractivity contribution in [2.75, 3.05) is 14.2 Å². The minimum Gasteiger partial charge on any atom is -0.366 e. The van der Waals surface area contributed by atoms with Crippen LogP contribution in [0.1, 0.15) is 61.8 Å². The van der Waals surface area contributed by atoms with Crippen molar-refractivity contribution in [1.29, 1.82) is 0 Å². The molecule has 6 nitrogen and oxygen atoms in total. The summed E-state index contributed by atoms with van der Waals surface area (Å²) in [6.45, 7) is 7.63. The molecule has 2 N–H and O–H groups in total. The number of carbonyl (C=O) groups is 1. The first-order valence-corrected chi connectivity index (χ1v) is 7.59. The smallest absolute Gasteiger partial charge is 0.248 e. The molecule has 0 saturated heterocycles. The van der Waals surface area contributed by atoms with E-state index in [4.69, 9.17) is 24.7 Å². The first-order chi connectivity index (χ1) is 10.8. The van der Waals surface area contributed by atoms with Crippen LogP contribution in [0.5, 0.6) is 0 Å². The SMILES string of the molecule is COC(OC(C)C)c1cc(C(N)=O)cc(C(OC)OC(C)C)c1. The highest BCUT2D eigenvalue weighted by atomic mass is 16.7. The zero-order valence-electron chi connectivity index (χ0n) is 14.7. The molecule has 0 fully saturated rings. The maximum atomic E-state index is 11.6. The second-order valence-corrected chi connectivity index (χ2v) is 5.76. The molecule has 2 atom stereocenters. The molecule has 0 aromatic heterocycles. The number of primary amides is 1. The first-order valence-electron chi connectivity index (χ1n) is 7.59. The van der Waals surface area contributed by atoms with E-state index in [1.807, 2.05) is 33.8 Å². The van der Waals surface area contributed by atoms with Gasteiger partial charge in [0.2, 0.25) is 5.91 Å². The van der Waals surface area contributed by atoms with Crippen LogP contribution in [0.4, 0.5) is 0 Å². The van der Waals surface area contributed by atoms with Gasteiger partial charge in [0.1, 0.15) is 0 Å². The summed E-state index contributed by atoms with van der Waals surface area (Å²) in [6, 6.07) is 5.15. The van der Waals surface area contributed by atoms with Crippen molar-refractivity contribution in [1.82, 2.24) is 0 Å². The molecule has 23 heavy (non-hydrogen) atoms. The van der Waals surface area contributed by atoms with Crippen molar-refractivity contribution in [2.24, 2.45) is 5.73 Å². The molecule has 0 aliphatic heterocycles. The summed E-state index contributed by atoms with van der Waals surface area (Å²) < 4.78 is 22.2. The molecule has 0 aliphatic rings. The van der Waals surface area contributed by atoms with Gasteiger partial charge in [0.25, 0.3) is 0 Å². The Hall–Kier alpha value is -1.47. The van der Waals surface area contributed by atoms with Crippen LogP contribution in [0.3, 0.4) is 0 Å². The minimum absolute atomic E-state index is 0.0363. The Labute approximate surface area is 137 Å². The van der Waals surface area contributed by atoms with E-state index in [1.165, 1.54) is 0 Å². The molecule has 6 heteroatoms. The number of hydrogen-bond acceptors (Lipinski definition) is 5. The van der Waals surface area contributed by atoms with Gasteiger partial charge in [-0.2, -0.15) is 0 Å². The number of hydrogen-bond donors (Lipinski definition) is 1. The van der Waals surface area contributed by atoms with Crippen LogP contribution < -0.4 is 5.73 Å². The van der Waals surface area contributed by atoms with E-state index in [0.29, 0.717) is 16.7 Å². The van der Waals surface area contributed by atoms with Crippen molar-refractivity contribution >= 4 is 5.91 Å². The molecule has 0 bridgehead atoms. The molecule has 2 unspecified atom stereocenters. The van der Waals surface area contributed by atoms with Crippen molar-refractivity contribution in [3.05, 3.63) is 34.9 Å². The Kier molecular flexibility index (Phi) is 7.64. The lowest BCUT2D eigenvalue weighted by Gasteiger charge is -2.23. The molecule has 1 aromatic carbocycles. The fourth-order valence-corrected chi connectivity index (χ4v) is 2.13. The van der Waals surface area contributed by atoms with E-state index in [-0.39, 0.29) is 12.2 Å². The average molecular weight is 325 g/mol. The molecule has 0 aliphatic carbocycles. The molecule has 0 heterocycles. The van der Waals surface area contributed by atoms with Crippen molar-refractivity contribution in [3.63, 3.8) is 0 Å². The summed E-state index contributed by atoms with van der Waals surface area (Å²) in [5.74, 6) is -0.535. The van der Waals surface area contributed by atoms with Crippen LogP contribution in [0.15, 0.2) is 18.2 Å². The molecular weight excluding hydrogens is 298 g/mol. The van der Waals surface area contributed by atoms with Crippen LogP contribution in [0.2, 0.25) is 0 Å². The summed E-state index contributed by atoms with van der Waals surface area (Å²) in [7, 11) is 3.09. The Morgan fingerprint density at radius 2 is 1.26 bits per heavy atom. The van der Waals surface area contributed by atoms with Crippen molar-refractivity contribution in [2.45, 2.75) is 52.5 Å². The lowest BCUT2D eigenvalue weighted by atomic mass is 10.0. The summed E-state index contributed by atoms with van der Waals surface area (Å²) >= 11 is 0. The van der Waals surface area contributed by atoms with Gasteiger partial charge >= 0.3 is 0 Å². The molecule has 1 amide bonds. The van der Waals surface area contributed by atoms with E-state index < -0.39 is 18.5 Å². The molecule has 0 spiro atoms. The zero-order chi connectivity index (χ0) is 17.6. The summed E-state index contributed by atoms with van der Waals surface area (Å²) in [5, 5.41) is 0. The highest BCUT2D eigenvalue weighted by molar-refractivity contribution is 5.93. The number of methoxy groups -OCH3 is 2. The Balaban J connectivity index is 3.27. The highest BCUT2D eigenvalue weighted by Gasteiger charge is 2.20. The molecule has 1 aromatic rings. The fraction of sp³-hybridized carbons (Fsp3) is 0.588. The third-order valence-corrected chi connectivity index (χ3v) is 3.03. The van der Waals surface area contributed by atoms with Crippen LogP contribution >= 0.6 is 0 Å². The van der Waals surface area contributed by atoms with Gasteiger partial charge in [-0.15, -0.1) is 0 Å². The van der Waals surface area contributed by atoms with Crippen LogP contribution in [-0.2, 0) is 18.9 Å². The number of ether oxygens (including phenoxy) is 4. The average Bonchev–Trinajstić information content (AvgIpc) is 2.49. The van der Waals surface area contributed by atoms with Gasteiger partial charge in [-0.05, 0) is 45.9 Å². The largest absolute Gasteiger partial charge is 0.366 e. The number of benzene rings is 1. The fourth-order valence-electron chi connectivity index (χ4n) is 2.13. The minimum atomic E-state index is -0.607. The van der Waals surface area contributed by atoms with Gasteiger partial charge in [0.05, 0.1) is 12.2 Å². The lowest BCUT2D eigenvalue weighted by Crippen LogP contribution is -2.18. The van der Waals surface area contributed by atoms with E-state index in [0.717, 1.165) is 0 Å². The van der Waals surface area contributed by atoms with Crippen LogP contribution in [0.25, 0.3) is 0 Å². The molecule has 1 rings (SSSR count). The van der Waals surface area contributed by atoms with Gasteiger partial charge in [-0.25, -0.2) is 0 Å². The maximum Gasteiger partial charge on any atom is 0.248 e. The number of nitrogens with two attached hydrogens (primary N) is 1. The number of carbonyl (C=O) groups excluding carboxylic acids is 1. The quantitative estimate of drug-likeness (QED) is 0.706. The van der Waals surface area contributed by atoms with Gasteiger partial charge in [0, 0.05) is 30.9 Å². The van der Waals surface area contributed by atoms with Crippen molar-refractivity contribution < 1.29 is 23.7 Å². The van der Waals surface area contributed by atoms with Gasteiger partial charge in [0.15, 0.2) is 12.6 Å². The van der Waals surface area contributed by atoms with E-state index in [1.54, 1.807) is 26.4 Å². The molecule has 0 saturated carbocycles. The standard InChI is InChI=1S/C17H27NO5/c1-10(2)22-16(20-5)13-7-12(15(18)19)8-14(9-13)17(21-6)23-11(3)4/h7-11,16-17H,1-6H3,(H2,18,19). The predicted molar refractivity (Wildman–Crippen MR) is 86.9 cm³/mol. The molecular formula is C17H27NO5. The third kappa shape index (κ3) is 5.91. The first kappa shape index (κ1) is 19.6. The lowest BCUT2D eigenvalue weighted by molar-refractivity contribution is -0.154. The Morgan fingerprint density at radius 3 is 1.52 bits per heavy atom. The highest BCUT2D eigenvalue weighted by Crippen LogP contribution is 2.28. The summed E-state index contributed by atoms with van der Waals surface area (Å²) in [5.41, 5.74) is 7.15. The second-order valence-electron chi connectivity index (χ2n) is 5.76. The van der Waals surface area contributed by atoms with E-state index in [9.17, 15) is 4.79 Å². The topological polar surface area (TPSA) is 80.0 Å². The Bertz CT molecular complexity index is 479. The van der Waals surface area contributed by atoms with Crippen LogP contribution in [0, 0.1) is 0 Å². The number of rotatable bonds is 9. The predicted octanol–water partition coefficient (Wildman–Crippen LogP) is 2.93. The number of amides is 1. The van der Waals surface area contributed by atoms with Crippen molar-refractivity contribution in [3.8, 4) is 0 Å². The van der Waals surface area contributed by atoms with E-state index >= 15 is 0 Å². The summed E-state index contributed by atoms with van der Waals surface area (Å²) in [6.07, 6.45) is -1.29. The van der Waals surface area contributed by atoms with Gasteiger partial charge < -0.3 is 24.7 Å². The monoisotopic (exact) mass is 325 g/mol. The second kappa shape index (κ2) is 8.98. The zero-order valence-corrected chi connectivity index (χ0v) is 14.7. The van der Waals surface area contributed by atoms with Crippen LogP contribution in [-0.4, -0.2) is 32.3 Å². The van der Waals surface area contributed by atoms with E-state index in [2.05, 4.69) is 0 Å². The molecule has 0 radical (unpaired) electrons. The third-order valence-electron chi connectivity index (χ3n) is 3.03. The van der Waals surface area contributed by atoms with Gasteiger partial charge in [-0.3, -0.25) is 4.79 Å². The Morgan fingerprint density at radius 1 is 0.870 bits per heavy atom. The summed E-state index contributed by atoms with van der Waals surface area (Å²) in [4.78, 5) is 11.6.